The molecule has 1 aliphatic heterocycles. The van der Waals surface area contributed by atoms with Gasteiger partial charge in [-0.25, -0.2) is 4.99 Å². The summed E-state index contributed by atoms with van der Waals surface area (Å²) in [5.74, 6) is 1.23. The second-order valence-electron chi connectivity index (χ2n) is 3.02. The van der Waals surface area contributed by atoms with Crippen molar-refractivity contribution < 1.29 is 4.74 Å². The number of guanidine groups is 1. The van der Waals surface area contributed by atoms with E-state index >= 15 is 0 Å². The first kappa shape index (κ1) is 9.45. The number of pyridine rings is 1. The molecule has 0 amide bonds. The quantitative estimate of drug-likeness (QED) is 0.680. The van der Waals surface area contributed by atoms with Gasteiger partial charge in [0.05, 0.1) is 6.54 Å². The van der Waals surface area contributed by atoms with Crippen molar-refractivity contribution >= 4 is 11.8 Å². The van der Waals surface area contributed by atoms with Gasteiger partial charge in [-0.05, 0) is 12.1 Å². The average molecular weight is 205 g/mol. The fourth-order valence-corrected chi connectivity index (χ4v) is 1.19. The van der Waals surface area contributed by atoms with E-state index in [0.717, 1.165) is 0 Å². The highest BCUT2D eigenvalue weighted by Crippen LogP contribution is 2.11. The number of aromatic nitrogens is 1. The second kappa shape index (κ2) is 3.95. The van der Waals surface area contributed by atoms with Gasteiger partial charge in [-0.3, -0.25) is 4.98 Å². The molecule has 0 aromatic carbocycles. The predicted octanol–water partition coefficient (Wildman–Crippen LogP) is -0.486. The molecule has 78 valence electrons. The Bertz CT molecular complexity index is 400. The van der Waals surface area contributed by atoms with E-state index in [2.05, 4.69) is 15.0 Å². The van der Waals surface area contributed by atoms with Gasteiger partial charge in [0, 0.05) is 12.4 Å². The van der Waals surface area contributed by atoms with E-state index in [1.165, 1.54) is 0 Å². The van der Waals surface area contributed by atoms with E-state index in [4.69, 9.17) is 16.2 Å². The Hall–Kier alpha value is -2.11. The first-order chi connectivity index (χ1) is 7.25. The van der Waals surface area contributed by atoms with Crippen molar-refractivity contribution in [1.82, 2.24) is 4.98 Å². The lowest BCUT2D eigenvalue weighted by Gasteiger charge is -2.19. The van der Waals surface area contributed by atoms with Crippen LogP contribution in [0.5, 0.6) is 5.75 Å². The molecule has 0 saturated heterocycles. The molecule has 1 aliphatic rings. The van der Waals surface area contributed by atoms with Gasteiger partial charge in [0.1, 0.15) is 11.6 Å². The first-order valence-electron chi connectivity index (χ1n) is 4.46. The molecule has 1 aromatic heterocycles. The Balaban J connectivity index is 2.06. The van der Waals surface area contributed by atoms with Crippen molar-refractivity contribution in [2.24, 2.45) is 21.5 Å². The van der Waals surface area contributed by atoms with Gasteiger partial charge in [0.2, 0.25) is 5.96 Å². The number of rotatable bonds is 2. The maximum absolute atomic E-state index is 5.67. The topological polar surface area (TPSA) is 98.9 Å². The summed E-state index contributed by atoms with van der Waals surface area (Å²) >= 11 is 0. The summed E-state index contributed by atoms with van der Waals surface area (Å²) in [6.07, 6.45) is 2.94. The van der Waals surface area contributed by atoms with Gasteiger partial charge in [-0.15, -0.1) is 0 Å². The minimum absolute atomic E-state index is 0.196. The largest absolute Gasteiger partial charge is 0.480 e. The molecule has 15 heavy (non-hydrogen) atoms. The highest BCUT2D eigenvalue weighted by atomic mass is 16.5. The van der Waals surface area contributed by atoms with Crippen molar-refractivity contribution in [3.8, 4) is 5.75 Å². The third-order valence-electron chi connectivity index (χ3n) is 1.92. The zero-order chi connectivity index (χ0) is 10.7. The van der Waals surface area contributed by atoms with Gasteiger partial charge in [-0.1, -0.05) is 0 Å². The predicted molar refractivity (Wildman–Crippen MR) is 56.8 cm³/mol. The normalized spacial score (nSPS) is 20.4. The molecule has 2 heterocycles. The van der Waals surface area contributed by atoms with Crippen LogP contribution in [0, 0.1) is 0 Å². The van der Waals surface area contributed by atoms with Crippen molar-refractivity contribution in [2.45, 2.75) is 6.10 Å². The Kier molecular flexibility index (Phi) is 2.49. The maximum Gasteiger partial charge on any atom is 0.217 e. The molecule has 6 heteroatoms. The zero-order valence-corrected chi connectivity index (χ0v) is 8.00. The highest BCUT2D eigenvalue weighted by molar-refractivity contribution is 5.98. The van der Waals surface area contributed by atoms with Crippen LogP contribution >= 0.6 is 0 Å². The van der Waals surface area contributed by atoms with Gasteiger partial charge in [0.15, 0.2) is 6.10 Å². The SMILES string of the molecule is NC1=NCC(Oc2ccncc2)C(N)=N1. The highest BCUT2D eigenvalue weighted by Gasteiger charge is 2.18. The summed E-state index contributed by atoms with van der Waals surface area (Å²) in [6.45, 7) is 0.392. The van der Waals surface area contributed by atoms with Crippen LogP contribution in [0.25, 0.3) is 0 Å². The minimum Gasteiger partial charge on any atom is -0.480 e. The summed E-state index contributed by atoms with van der Waals surface area (Å²) in [6, 6.07) is 3.49. The fourth-order valence-electron chi connectivity index (χ4n) is 1.19. The zero-order valence-electron chi connectivity index (χ0n) is 8.00. The maximum atomic E-state index is 5.67. The van der Waals surface area contributed by atoms with Crippen LogP contribution in [0.15, 0.2) is 34.5 Å². The molecule has 4 N–H and O–H groups in total. The third-order valence-corrected chi connectivity index (χ3v) is 1.92. The van der Waals surface area contributed by atoms with E-state index in [1.54, 1.807) is 24.5 Å². The number of nitrogens with zero attached hydrogens (tertiary/aromatic N) is 3. The second-order valence-corrected chi connectivity index (χ2v) is 3.02. The lowest BCUT2D eigenvalue weighted by Crippen LogP contribution is -2.41. The van der Waals surface area contributed by atoms with Crippen LogP contribution in [-0.2, 0) is 0 Å². The molecule has 0 radical (unpaired) electrons. The number of ether oxygens (including phenoxy) is 1. The Morgan fingerprint density at radius 1 is 1.27 bits per heavy atom. The van der Waals surface area contributed by atoms with E-state index in [0.29, 0.717) is 18.1 Å². The Labute approximate surface area is 86.7 Å². The third kappa shape index (κ3) is 2.22. The molecule has 0 bridgehead atoms. The lowest BCUT2D eigenvalue weighted by atomic mass is 10.3. The van der Waals surface area contributed by atoms with Gasteiger partial charge in [0.25, 0.3) is 0 Å². The number of hydrogen-bond acceptors (Lipinski definition) is 6. The Morgan fingerprint density at radius 2 is 2.00 bits per heavy atom. The number of nitrogens with two attached hydrogens (primary N) is 2. The van der Waals surface area contributed by atoms with Crippen molar-refractivity contribution in [2.75, 3.05) is 6.54 Å². The molecule has 1 aromatic rings. The van der Waals surface area contributed by atoms with Crippen LogP contribution in [0.3, 0.4) is 0 Å². The van der Waals surface area contributed by atoms with E-state index in [1.807, 2.05) is 0 Å². The molecule has 0 fully saturated rings. The van der Waals surface area contributed by atoms with Crippen LogP contribution in [0.1, 0.15) is 0 Å². The van der Waals surface area contributed by atoms with E-state index < -0.39 is 0 Å². The summed E-state index contributed by atoms with van der Waals surface area (Å²) < 4.78 is 5.56. The molecule has 0 spiro atoms. The average Bonchev–Trinajstić information content (AvgIpc) is 2.24. The molecular weight excluding hydrogens is 194 g/mol. The summed E-state index contributed by atoms with van der Waals surface area (Å²) in [7, 11) is 0. The molecule has 1 unspecified atom stereocenters. The fraction of sp³-hybridized carbons (Fsp3) is 0.222. The Morgan fingerprint density at radius 3 is 2.67 bits per heavy atom. The lowest BCUT2D eigenvalue weighted by molar-refractivity contribution is 0.272. The molecule has 2 rings (SSSR count). The molecule has 0 aliphatic carbocycles. The molecular formula is C9H11N5O. The first-order valence-corrected chi connectivity index (χ1v) is 4.46. The van der Waals surface area contributed by atoms with Crippen molar-refractivity contribution in [3.63, 3.8) is 0 Å². The number of hydrogen-bond donors (Lipinski definition) is 2. The summed E-state index contributed by atoms with van der Waals surface area (Å²) in [4.78, 5) is 11.7. The van der Waals surface area contributed by atoms with Crippen LogP contribution in [0.2, 0.25) is 0 Å². The van der Waals surface area contributed by atoms with Gasteiger partial charge >= 0.3 is 0 Å². The number of aliphatic imine (C=N–C) groups is 2. The number of amidine groups is 1. The summed E-state index contributed by atoms with van der Waals surface area (Å²) in [5, 5.41) is 0. The van der Waals surface area contributed by atoms with Crippen LogP contribution in [-0.4, -0.2) is 29.4 Å². The monoisotopic (exact) mass is 205 g/mol. The van der Waals surface area contributed by atoms with Crippen LogP contribution < -0.4 is 16.2 Å². The molecule has 6 nitrogen and oxygen atoms in total. The summed E-state index contributed by atoms with van der Waals surface area (Å²) in [5.41, 5.74) is 11.1. The standard InChI is InChI=1S/C9H11N5O/c10-8-7(5-13-9(11)14-8)15-6-1-3-12-4-2-6/h1-4,7H,5H2,(H4,10,11,13,14). The smallest absolute Gasteiger partial charge is 0.217 e. The van der Waals surface area contributed by atoms with E-state index in [9.17, 15) is 0 Å². The van der Waals surface area contributed by atoms with Crippen LogP contribution in [0.4, 0.5) is 0 Å². The van der Waals surface area contributed by atoms with Crippen molar-refractivity contribution in [1.29, 1.82) is 0 Å². The van der Waals surface area contributed by atoms with Gasteiger partial charge in [-0.2, -0.15) is 4.99 Å². The molecule has 1 atom stereocenters. The van der Waals surface area contributed by atoms with Crippen molar-refractivity contribution in [3.05, 3.63) is 24.5 Å². The van der Waals surface area contributed by atoms with Gasteiger partial charge < -0.3 is 16.2 Å². The van der Waals surface area contributed by atoms with E-state index in [-0.39, 0.29) is 12.1 Å². The molecule has 0 saturated carbocycles. The minimum atomic E-state index is -0.347.